The van der Waals surface area contributed by atoms with Crippen molar-refractivity contribution in [1.82, 2.24) is 0 Å². The van der Waals surface area contributed by atoms with Crippen molar-refractivity contribution in [2.75, 3.05) is 11.4 Å². The number of rotatable bonds is 1. The zero-order chi connectivity index (χ0) is 13.9. The number of nitriles is 1. The van der Waals surface area contributed by atoms with Crippen LogP contribution in [0.25, 0.3) is 0 Å². The molecule has 1 heterocycles. The summed E-state index contributed by atoms with van der Waals surface area (Å²) in [6, 6.07) is 9.86. The Morgan fingerprint density at radius 1 is 1.15 bits per heavy atom. The molecule has 1 aromatic rings. The molecule has 2 heteroatoms. The molecule has 0 saturated heterocycles. The number of hydrogen-bond donors (Lipinski definition) is 0. The number of anilines is 1. The number of nitrogens with zero attached hydrogens (tertiary/aromatic N) is 2. The van der Waals surface area contributed by atoms with Crippen molar-refractivity contribution in [3.05, 3.63) is 29.3 Å². The number of benzene rings is 1. The van der Waals surface area contributed by atoms with E-state index < -0.39 is 0 Å². The van der Waals surface area contributed by atoms with Crippen LogP contribution in [0.4, 0.5) is 5.69 Å². The van der Waals surface area contributed by atoms with E-state index in [1.165, 1.54) is 55.3 Å². The highest BCUT2D eigenvalue weighted by atomic mass is 15.2. The van der Waals surface area contributed by atoms with Gasteiger partial charge in [-0.25, -0.2) is 0 Å². The largest absolute Gasteiger partial charge is 0.367 e. The zero-order valence-electron chi connectivity index (χ0n) is 12.4. The molecule has 3 rings (SSSR count). The molecule has 1 aromatic carbocycles. The highest BCUT2D eigenvalue weighted by molar-refractivity contribution is 5.57. The summed E-state index contributed by atoms with van der Waals surface area (Å²) in [6.07, 6.45) is 8.49. The Bertz CT molecular complexity index is 515. The van der Waals surface area contributed by atoms with Crippen molar-refractivity contribution >= 4 is 5.69 Å². The van der Waals surface area contributed by atoms with Gasteiger partial charge in [0, 0.05) is 18.3 Å². The minimum Gasteiger partial charge on any atom is -0.367 e. The standard InChI is InChI=1S/C18H24N2/c1-14-9-10-18-15(12-14)7-5-11-20(18)17-8-4-2-3-6-16(17)13-19/h9-10,12,16-17H,2-8,11H2,1H3. The lowest BCUT2D eigenvalue weighted by Gasteiger charge is -2.39. The number of aryl methyl sites for hydroxylation is 2. The summed E-state index contributed by atoms with van der Waals surface area (Å²) in [5.41, 5.74) is 4.23. The topological polar surface area (TPSA) is 27.0 Å². The first kappa shape index (κ1) is 13.5. The van der Waals surface area contributed by atoms with Crippen LogP contribution in [0.5, 0.6) is 0 Å². The molecule has 2 unspecified atom stereocenters. The van der Waals surface area contributed by atoms with Gasteiger partial charge in [0.25, 0.3) is 0 Å². The van der Waals surface area contributed by atoms with Crippen molar-refractivity contribution in [2.24, 2.45) is 5.92 Å². The van der Waals surface area contributed by atoms with E-state index >= 15 is 0 Å². The van der Waals surface area contributed by atoms with E-state index in [0.717, 1.165) is 13.0 Å². The Kier molecular flexibility index (Phi) is 3.96. The van der Waals surface area contributed by atoms with Gasteiger partial charge in [-0.1, -0.05) is 37.0 Å². The van der Waals surface area contributed by atoms with Crippen LogP contribution in [0.1, 0.15) is 49.7 Å². The average molecular weight is 268 g/mol. The summed E-state index contributed by atoms with van der Waals surface area (Å²) in [4.78, 5) is 2.55. The molecule has 0 N–H and O–H groups in total. The lowest BCUT2D eigenvalue weighted by Crippen LogP contribution is -2.43. The molecule has 0 amide bonds. The molecular weight excluding hydrogens is 244 g/mol. The molecule has 2 aliphatic rings. The Morgan fingerprint density at radius 3 is 2.85 bits per heavy atom. The summed E-state index contributed by atoms with van der Waals surface area (Å²) in [5.74, 6) is 0.213. The molecule has 0 bridgehead atoms. The van der Waals surface area contributed by atoms with Gasteiger partial charge >= 0.3 is 0 Å². The van der Waals surface area contributed by atoms with E-state index in [1.54, 1.807) is 0 Å². The van der Waals surface area contributed by atoms with Crippen LogP contribution in [0, 0.1) is 24.2 Å². The van der Waals surface area contributed by atoms with E-state index in [2.05, 4.69) is 36.1 Å². The van der Waals surface area contributed by atoms with E-state index in [4.69, 9.17) is 0 Å². The molecule has 1 saturated carbocycles. The number of fused-ring (bicyclic) bond motifs is 1. The maximum atomic E-state index is 9.53. The minimum absolute atomic E-state index is 0.213. The maximum Gasteiger partial charge on any atom is 0.0677 e. The quantitative estimate of drug-likeness (QED) is 0.713. The molecule has 2 nitrogen and oxygen atoms in total. The van der Waals surface area contributed by atoms with Crippen molar-refractivity contribution in [2.45, 2.75) is 57.9 Å². The Labute approximate surface area is 122 Å². The molecule has 1 fully saturated rings. The van der Waals surface area contributed by atoms with Crippen LogP contribution in [-0.2, 0) is 6.42 Å². The summed E-state index contributed by atoms with van der Waals surface area (Å²) in [5, 5.41) is 9.53. The Hall–Kier alpha value is -1.49. The monoisotopic (exact) mass is 268 g/mol. The third kappa shape index (κ3) is 2.54. The average Bonchev–Trinajstić information content (AvgIpc) is 2.71. The predicted octanol–water partition coefficient (Wildman–Crippen LogP) is 4.22. The highest BCUT2D eigenvalue weighted by Crippen LogP contribution is 2.35. The first-order valence-electron chi connectivity index (χ1n) is 8.05. The zero-order valence-corrected chi connectivity index (χ0v) is 12.4. The van der Waals surface area contributed by atoms with Gasteiger partial charge in [-0.05, 0) is 44.2 Å². The normalized spacial score (nSPS) is 26.5. The Balaban J connectivity index is 1.92. The summed E-state index contributed by atoms with van der Waals surface area (Å²) >= 11 is 0. The van der Waals surface area contributed by atoms with Crippen LogP contribution < -0.4 is 4.90 Å². The van der Waals surface area contributed by atoms with Crippen molar-refractivity contribution in [3.63, 3.8) is 0 Å². The summed E-state index contributed by atoms with van der Waals surface area (Å²) in [7, 11) is 0. The molecule has 0 spiro atoms. The van der Waals surface area contributed by atoms with Gasteiger partial charge in [0.2, 0.25) is 0 Å². The fourth-order valence-electron chi connectivity index (χ4n) is 3.91. The second-order valence-electron chi connectivity index (χ2n) is 6.37. The highest BCUT2D eigenvalue weighted by Gasteiger charge is 2.31. The van der Waals surface area contributed by atoms with E-state index in [1.807, 2.05) is 0 Å². The molecule has 20 heavy (non-hydrogen) atoms. The Morgan fingerprint density at radius 2 is 2.00 bits per heavy atom. The van der Waals surface area contributed by atoms with Gasteiger partial charge in [0.1, 0.15) is 0 Å². The maximum absolute atomic E-state index is 9.53. The van der Waals surface area contributed by atoms with E-state index in [9.17, 15) is 5.26 Å². The second-order valence-corrected chi connectivity index (χ2v) is 6.37. The summed E-state index contributed by atoms with van der Waals surface area (Å²) < 4.78 is 0. The van der Waals surface area contributed by atoms with Crippen LogP contribution in [0.2, 0.25) is 0 Å². The molecule has 2 atom stereocenters. The summed E-state index contributed by atoms with van der Waals surface area (Å²) in [6.45, 7) is 3.29. The fraction of sp³-hybridized carbons (Fsp3) is 0.611. The van der Waals surface area contributed by atoms with E-state index in [0.29, 0.717) is 6.04 Å². The van der Waals surface area contributed by atoms with Gasteiger partial charge in [-0.15, -0.1) is 0 Å². The molecule has 106 valence electrons. The first-order chi connectivity index (χ1) is 9.79. The smallest absolute Gasteiger partial charge is 0.0677 e. The molecule has 0 aromatic heterocycles. The number of hydrogen-bond acceptors (Lipinski definition) is 2. The van der Waals surface area contributed by atoms with Crippen molar-refractivity contribution in [3.8, 4) is 6.07 Å². The third-order valence-electron chi connectivity index (χ3n) is 4.94. The van der Waals surface area contributed by atoms with Crippen molar-refractivity contribution in [1.29, 1.82) is 5.26 Å². The lowest BCUT2D eigenvalue weighted by atomic mass is 9.90. The predicted molar refractivity (Wildman–Crippen MR) is 82.8 cm³/mol. The SMILES string of the molecule is Cc1ccc2c(c1)CCCN2C1CCCCCC1C#N. The molecule has 0 radical (unpaired) electrons. The first-order valence-corrected chi connectivity index (χ1v) is 8.05. The van der Waals surface area contributed by atoms with Gasteiger partial charge in [-0.2, -0.15) is 5.26 Å². The van der Waals surface area contributed by atoms with Crippen LogP contribution in [0.15, 0.2) is 18.2 Å². The van der Waals surface area contributed by atoms with Gasteiger partial charge < -0.3 is 4.90 Å². The van der Waals surface area contributed by atoms with Crippen molar-refractivity contribution < 1.29 is 0 Å². The van der Waals surface area contributed by atoms with Crippen LogP contribution in [0.3, 0.4) is 0 Å². The fourth-order valence-corrected chi connectivity index (χ4v) is 3.91. The van der Waals surface area contributed by atoms with Gasteiger partial charge in [0.05, 0.1) is 12.0 Å². The van der Waals surface area contributed by atoms with Gasteiger partial charge in [0.15, 0.2) is 0 Å². The van der Waals surface area contributed by atoms with Crippen LogP contribution in [-0.4, -0.2) is 12.6 Å². The van der Waals surface area contributed by atoms with E-state index in [-0.39, 0.29) is 5.92 Å². The lowest BCUT2D eigenvalue weighted by molar-refractivity contribution is 0.437. The second kappa shape index (κ2) is 5.87. The molecule has 1 aliphatic carbocycles. The van der Waals surface area contributed by atoms with Crippen LogP contribution >= 0.6 is 0 Å². The third-order valence-corrected chi connectivity index (χ3v) is 4.94. The van der Waals surface area contributed by atoms with Gasteiger partial charge in [-0.3, -0.25) is 0 Å². The minimum atomic E-state index is 0.213. The molecular formula is C18H24N2. The molecule has 1 aliphatic heterocycles.